The smallest absolute Gasteiger partial charge is 0.292 e. The molecule has 0 spiro atoms. The second-order valence-electron chi connectivity index (χ2n) is 10.1. The molecule has 0 bridgehead atoms. The predicted octanol–water partition coefficient (Wildman–Crippen LogP) is 8.30. The van der Waals surface area contributed by atoms with E-state index in [4.69, 9.17) is 19.7 Å². The first-order chi connectivity index (χ1) is 22.3. The molecule has 4 aromatic rings. The molecule has 1 unspecified atom stereocenters. The van der Waals surface area contributed by atoms with Crippen LogP contribution in [0.3, 0.4) is 0 Å². The molecule has 0 aliphatic carbocycles. The fourth-order valence-electron chi connectivity index (χ4n) is 4.73. The van der Waals surface area contributed by atoms with Crippen LogP contribution in [-0.4, -0.2) is 54.5 Å². The van der Waals surface area contributed by atoms with Gasteiger partial charge in [-0.3, -0.25) is 14.6 Å². The highest BCUT2D eigenvalue weighted by Crippen LogP contribution is 2.37. The summed E-state index contributed by atoms with van der Waals surface area (Å²) in [5.41, 5.74) is 8.12. The number of hydrazone groups is 1. The summed E-state index contributed by atoms with van der Waals surface area (Å²) >= 11 is 3.54. The van der Waals surface area contributed by atoms with Crippen LogP contribution in [0.1, 0.15) is 46.4 Å². The fraction of sp³-hybridized carbons (Fsp3) is 0.189. The van der Waals surface area contributed by atoms with Gasteiger partial charge in [-0.1, -0.05) is 70.6 Å². The first-order valence-electron chi connectivity index (χ1n) is 14.5. The number of aldehydes is 1. The average molecular weight is 684 g/mol. The molecule has 1 atom stereocenters. The van der Waals surface area contributed by atoms with Gasteiger partial charge in [0.1, 0.15) is 12.0 Å². The van der Waals surface area contributed by atoms with Gasteiger partial charge in [0.15, 0.2) is 0 Å². The van der Waals surface area contributed by atoms with Crippen LogP contribution in [0, 0.1) is 6.92 Å². The molecule has 0 saturated heterocycles. The SMILES string of the molecule is C=C/C=C(\C=C/C)n1cc(C2CC(c3ccc(OC)cc3)=NN2C)c(-c2ccc(Br)cc2)n1.COC=O.Cc1cccc(C=O)c1. The molecule has 0 N–H and O–H groups in total. The number of aryl methyl sites for hydroxylation is 1. The van der Waals surface area contributed by atoms with Gasteiger partial charge >= 0.3 is 0 Å². The number of hydrogen-bond donors (Lipinski definition) is 0. The number of carbonyl (C=O) groups excluding carboxylic acids is 2. The Kier molecular flexibility index (Phi) is 13.9. The zero-order valence-corrected chi connectivity index (χ0v) is 28.3. The molecule has 3 aromatic carbocycles. The van der Waals surface area contributed by atoms with Crippen molar-refractivity contribution in [2.45, 2.75) is 26.3 Å². The Morgan fingerprint density at radius 1 is 1.02 bits per heavy atom. The largest absolute Gasteiger partial charge is 0.497 e. The minimum atomic E-state index is 0.0742. The van der Waals surface area contributed by atoms with Crippen LogP contribution in [0.5, 0.6) is 5.75 Å². The lowest BCUT2D eigenvalue weighted by Crippen LogP contribution is -2.14. The minimum Gasteiger partial charge on any atom is -0.497 e. The molecule has 0 saturated carbocycles. The molecule has 0 amide bonds. The van der Waals surface area contributed by atoms with E-state index in [-0.39, 0.29) is 6.04 Å². The van der Waals surface area contributed by atoms with Crippen molar-refractivity contribution in [3.63, 3.8) is 0 Å². The van der Waals surface area contributed by atoms with Crippen molar-refractivity contribution in [3.8, 4) is 17.0 Å². The average Bonchev–Trinajstić information content (AvgIpc) is 3.69. The normalized spacial score (nSPS) is 14.0. The van der Waals surface area contributed by atoms with Crippen molar-refractivity contribution in [2.24, 2.45) is 5.10 Å². The molecule has 9 heteroatoms. The molecular formula is C37H39BrN4O4. The van der Waals surface area contributed by atoms with Gasteiger partial charge in [0.25, 0.3) is 6.47 Å². The number of hydrogen-bond acceptors (Lipinski definition) is 7. The summed E-state index contributed by atoms with van der Waals surface area (Å²) in [5.74, 6) is 0.839. The summed E-state index contributed by atoms with van der Waals surface area (Å²) in [4.78, 5) is 19.1. The summed E-state index contributed by atoms with van der Waals surface area (Å²) in [7, 11) is 5.01. The number of aromatic nitrogens is 2. The van der Waals surface area contributed by atoms with E-state index in [1.54, 1.807) is 19.3 Å². The molecule has 2 heterocycles. The molecule has 238 valence electrons. The molecule has 0 fully saturated rings. The number of benzene rings is 3. The number of methoxy groups -OCH3 is 2. The number of nitrogens with zero attached hydrogens (tertiary/aromatic N) is 4. The highest BCUT2D eigenvalue weighted by atomic mass is 79.9. The number of rotatable bonds is 9. The number of carbonyl (C=O) groups is 2. The van der Waals surface area contributed by atoms with Crippen molar-refractivity contribution in [1.29, 1.82) is 0 Å². The van der Waals surface area contributed by atoms with Crippen molar-refractivity contribution >= 4 is 40.1 Å². The predicted molar refractivity (Wildman–Crippen MR) is 189 cm³/mol. The third-order valence-electron chi connectivity index (χ3n) is 6.92. The number of ether oxygens (including phenoxy) is 2. The molecule has 1 aliphatic heterocycles. The van der Waals surface area contributed by atoms with E-state index in [1.165, 1.54) is 7.11 Å². The van der Waals surface area contributed by atoms with Crippen LogP contribution in [0.2, 0.25) is 0 Å². The van der Waals surface area contributed by atoms with Crippen LogP contribution >= 0.6 is 15.9 Å². The highest BCUT2D eigenvalue weighted by Gasteiger charge is 2.30. The summed E-state index contributed by atoms with van der Waals surface area (Å²) in [6, 6.07) is 23.9. The van der Waals surface area contributed by atoms with E-state index in [9.17, 15) is 4.79 Å². The second-order valence-corrected chi connectivity index (χ2v) is 11.1. The molecule has 0 radical (unpaired) electrons. The second kappa shape index (κ2) is 18.1. The lowest BCUT2D eigenvalue weighted by Gasteiger charge is -2.18. The van der Waals surface area contributed by atoms with Crippen molar-refractivity contribution < 1.29 is 19.1 Å². The van der Waals surface area contributed by atoms with Gasteiger partial charge in [0.2, 0.25) is 0 Å². The topological polar surface area (TPSA) is 86.0 Å². The third kappa shape index (κ3) is 9.74. The van der Waals surface area contributed by atoms with Gasteiger partial charge in [-0.2, -0.15) is 10.2 Å². The van der Waals surface area contributed by atoms with E-state index in [2.05, 4.69) is 57.7 Å². The molecule has 1 aliphatic rings. The lowest BCUT2D eigenvalue weighted by atomic mass is 9.96. The van der Waals surface area contributed by atoms with Gasteiger partial charge in [-0.05, 0) is 74.0 Å². The van der Waals surface area contributed by atoms with Crippen LogP contribution in [0.15, 0.2) is 119 Å². The van der Waals surface area contributed by atoms with E-state index < -0.39 is 0 Å². The van der Waals surface area contributed by atoms with Gasteiger partial charge in [-0.25, -0.2) is 4.68 Å². The first-order valence-corrected chi connectivity index (χ1v) is 15.3. The number of halogens is 1. The Bertz CT molecular complexity index is 1690. The van der Waals surface area contributed by atoms with Gasteiger partial charge in [0, 0.05) is 40.8 Å². The van der Waals surface area contributed by atoms with Crippen molar-refractivity contribution in [2.75, 3.05) is 21.3 Å². The minimum absolute atomic E-state index is 0.0742. The van der Waals surface area contributed by atoms with E-state index in [1.807, 2.05) is 91.3 Å². The zero-order valence-electron chi connectivity index (χ0n) is 26.8. The maximum absolute atomic E-state index is 10.2. The fourth-order valence-corrected chi connectivity index (χ4v) is 4.99. The molecular weight excluding hydrogens is 644 g/mol. The van der Waals surface area contributed by atoms with Gasteiger partial charge < -0.3 is 9.47 Å². The molecule has 8 nitrogen and oxygen atoms in total. The maximum atomic E-state index is 10.2. The molecule has 46 heavy (non-hydrogen) atoms. The van der Waals surface area contributed by atoms with Crippen LogP contribution in [0.4, 0.5) is 0 Å². The summed E-state index contributed by atoms with van der Waals surface area (Å²) in [6.07, 6.45) is 11.5. The Labute approximate surface area is 279 Å². The summed E-state index contributed by atoms with van der Waals surface area (Å²) < 4.78 is 12.1. The maximum Gasteiger partial charge on any atom is 0.292 e. The monoisotopic (exact) mass is 682 g/mol. The quantitative estimate of drug-likeness (QED) is 0.130. The summed E-state index contributed by atoms with van der Waals surface area (Å²) in [5, 5.41) is 11.9. The summed E-state index contributed by atoms with van der Waals surface area (Å²) in [6.45, 7) is 8.20. The van der Waals surface area contributed by atoms with Crippen molar-refractivity contribution in [1.82, 2.24) is 14.8 Å². The Hall–Kier alpha value is -5.02. The van der Waals surface area contributed by atoms with E-state index >= 15 is 0 Å². The number of allylic oxidation sites excluding steroid dienone is 5. The van der Waals surface area contributed by atoms with Gasteiger partial charge in [-0.15, -0.1) is 0 Å². The molecule has 1 aromatic heterocycles. The van der Waals surface area contributed by atoms with E-state index in [0.29, 0.717) is 6.47 Å². The zero-order chi connectivity index (χ0) is 33.5. The van der Waals surface area contributed by atoms with Gasteiger partial charge in [0.05, 0.1) is 37.4 Å². The van der Waals surface area contributed by atoms with E-state index in [0.717, 1.165) is 67.8 Å². The van der Waals surface area contributed by atoms with Crippen LogP contribution in [0.25, 0.3) is 17.0 Å². The lowest BCUT2D eigenvalue weighted by molar-refractivity contribution is -0.126. The van der Waals surface area contributed by atoms with Crippen molar-refractivity contribution in [3.05, 3.63) is 137 Å². The third-order valence-corrected chi connectivity index (χ3v) is 7.45. The first kappa shape index (κ1) is 35.5. The Morgan fingerprint density at radius 2 is 1.70 bits per heavy atom. The standard InChI is InChI=1S/C27H27BrN4O.C8H8O.C2H4O2/c1-5-7-22(8-6-2)32-18-24(27(30-32)20-9-13-21(28)14-10-20)26-17-25(29-31(26)3)19-11-15-23(33-4)16-12-19;1-7-3-2-4-8(5-7)6-9;1-4-2-3/h5-16,18,26H,1,17H2,2-4H3;2-6H,1H3;2H,1H3/b8-6-,22-7+;;. The molecule has 5 rings (SSSR count). The van der Waals surface area contributed by atoms with Crippen LogP contribution < -0.4 is 4.74 Å². The van der Waals surface area contributed by atoms with Crippen LogP contribution in [-0.2, 0) is 9.53 Å². The Balaban J connectivity index is 0.000000370. The highest BCUT2D eigenvalue weighted by molar-refractivity contribution is 9.10. The Morgan fingerprint density at radius 3 is 2.24 bits per heavy atom.